The number of hydrogen-bond acceptors (Lipinski definition) is 4. The van der Waals surface area contributed by atoms with Gasteiger partial charge in [-0.2, -0.15) is 5.26 Å². The van der Waals surface area contributed by atoms with Crippen molar-refractivity contribution < 1.29 is 0 Å². The largest absolute Gasteiger partial charge is 0.380 e. The third-order valence-corrected chi connectivity index (χ3v) is 3.85. The molecule has 1 fully saturated rings. The van der Waals surface area contributed by atoms with Gasteiger partial charge in [-0.25, -0.2) is 4.98 Å². The van der Waals surface area contributed by atoms with Crippen LogP contribution in [0.4, 0.5) is 11.5 Å². The Labute approximate surface area is 125 Å². The molecule has 1 aliphatic heterocycles. The van der Waals surface area contributed by atoms with Crippen LogP contribution in [-0.4, -0.2) is 24.1 Å². The van der Waals surface area contributed by atoms with Crippen LogP contribution in [0.15, 0.2) is 42.5 Å². The van der Waals surface area contributed by atoms with Gasteiger partial charge in [0.15, 0.2) is 0 Å². The second kappa shape index (κ2) is 5.84. The maximum Gasteiger partial charge on any atom is 0.145 e. The maximum atomic E-state index is 9.09. The predicted octanol–water partition coefficient (Wildman–Crippen LogP) is 2.95. The molecule has 0 radical (unpaired) electrons. The summed E-state index contributed by atoms with van der Waals surface area (Å²) in [4.78, 5) is 6.69. The van der Waals surface area contributed by atoms with Crippen LogP contribution in [0.3, 0.4) is 0 Å². The van der Waals surface area contributed by atoms with E-state index in [0.29, 0.717) is 11.7 Å². The monoisotopic (exact) mass is 278 g/mol. The molecule has 1 saturated heterocycles. The van der Waals surface area contributed by atoms with Gasteiger partial charge >= 0.3 is 0 Å². The molecule has 0 spiro atoms. The number of anilines is 2. The van der Waals surface area contributed by atoms with E-state index in [9.17, 15) is 0 Å². The molecular formula is C17H18N4. The summed E-state index contributed by atoms with van der Waals surface area (Å²) in [5, 5.41) is 12.6. The second-order valence-electron chi connectivity index (χ2n) is 5.39. The molecule has 1 aliphatic rings. The summed E-state index contributed by atoms with van der Waals surface area (Å²) in [7, 11) is 0. The van der Waals surface area contributed by atoms with Gasteiger partial charge in [-0.3, -0.25) is 0 Å². The van der Waals surface area contributed by atoms with E-state index in [-0.39, 0.29) is 0 Å². The Kier molecular flexibility index (Phi) is 3.74. The average molecular weight is 278 g/mol. The Bertz CT molecular complexity index is 660. The molecule has 0 amide bonds. The molecule has 2 heterocycles. The van der Waals surface area contributed by atoms with E-state index in [1.165, 1.54) is 0 Å². The number of hydrogen-bond donors (Lipinski definition) is 1. The number of aromatic nitrogens is 1. The highest BCUT2D eigenvalue weighted by Crippen LogP contribution is 2.22. The minimum absolute atomic E-state index is 0.418. The Morgan fingerprint density at radius 2 is 2.05 bits per heavy atom. The Balaban J connectivity index is 1.68. The second-order valence-corrected chi connectivity index (χ2v) is 5.39. The van der Waals surface area contributed by atoms with Crippen molar-refractivity contribution in [2.45, 2.75) is 19.4 Å². The molecule has 3 rings (SSSR count). The van der Waals surface area contributed by atoms with E-state index in [4.69, 9.17) is 5.26 Å². The van der Waals surface area contributed by atoms with Gasteiger partial charge < -0.3 is 10.2 Å². The topological polar surface area (TPSA) is 52.0 Å². The fraction of sp³-hybridized carbons (Fsp3) is 0.294. The van der Waals surface area contributed by atoms with E-state index in [0.717, 1.165) is 36.6 Å². The van der Waals surface area contributed by atoms with Crippen molar-refractivity contribution >= 4 is 11.5 Å². The molecule has 1 unspecified atom stereocenters. The van der Waals surface area contributed by atoms with Crippen LogP contribution in [0.1, 0.15) is 17.7 Å². The molecule has 106 valence electrons. The van der Waals surface area contributed by atoms with Gasteiger partial charge in [0.05, 0.1) is 0 Å². The van der Waals surface area contributed by atoms with Crippen molar-refractivity contribution in [2.24, 2.45) is 0 Å². The van der Waals surface area contributed by atoms with Crippen LogP contribution < -0.4 is 10.2 Å². The van der Waals surface area contributed by atoms with Crippen LogP contribution >= 0.6 is 0 Å². The SMILES string of the molecule is Cc1ccc(N2CCC(Nc3ccccc3)C2)nc1C#N. The molecule has 2 aromatic rings. The molecule has 1 atom stereocenters. The van der Waals surface area contributed by atoms with Gasteiger partial charge in [-0.1, -0.05) is 24.3 Å². The average Bonchev–Trinajstić information content (AvgIpc) is 2.97. The quantitative estimate of drug-likeness (QED) is 0.938. The van der Waals surface area contributed by atoms with E-state index < -0.39 is 0 Å². The third-order valence-electron chi connectivity index (χ3n) is 3.85. The van der Waals surface area contributed by atoms with Crippen LogP contribution in [-0.2, 0) is 0 Å². The van der Waals surface area contributed by atoms with Crippen LogP contribution in [0.5, 0.6) is 0 Å². The van der Waals surface area contributed by atoms with Gasteiger partial charge in [0.2, 0.25) is 0 Å². The van der Waals surface area contributed by atoms with Crippen LogP contribution in [0, 0.1) is 18.3 Å². The zero-order valence-electron chi connectivity index (χ0n) is 12.1. The van der Waals surface area contributed by atoms with Gasteiger partial charge in [0.1, 0.15) is 17.6 Å². The lowest BCUT2D eigenvalue weighted by Gasteiger charge is -2.19. The summed E-state index contributed by atoms with van der Waals surface area (Å²) < 4.78 is 0. The molecule has 0 saturated carbocycles. The number of aryl methyl sites for hydroxylation is 1. The van der Waals surface area contributed by atoms with Crippen molar-refractivity contribution in [1.82, 2.24) is 4.98 Å². The summed E-state index contributed by atoms with van der Waals surface area (Å²) in [5.74, 6) is 0.898. The summed E-state index contributed by atoms with van der Waals surface area (Å²) in [5.41, 5.74) is 2.60. The Morgan fingerprint density at radius 3 is 2.81 bits per heavy atom. The van der Waals surface area contributed by atoms with Gasteiger partial charge in [0, 0.05) is 24.8 Å². The fourth-order valence-corrected chi connectivity index (χ4v) is 2.66. The number of benzene rings is 1. The molecule has 1 aromatic carbocycles. The first kappa shape index (κ1) is 13.4. The van der Waals surface area contributed by atoms with Crippen molar-refractivity contribution in [3.63, 3.8) is 0 Å². The standard InChI is InChI=1S/C17H18N4/c1-13-7-8-17(20-16(13)11-18)21-10-9-15(12-21)19-14-5-3-2-4-6-14/h2-8,15,19H,9-10,12H2,1H3. The Morgan fingerprint density at radius 1 is 1.24 bits per heavy atom. The van der Waals surface area contributed by atoms with E-state index in [1.54, 1.807) is 0 Å². The highest BCUT2D eigenvalue weighted by molar-refractivity contribution is 5.48. The lowest BCUT2D eigenvalue weighted by molar-refractivity contribution is 0.806. The summed E-state index contributed by atoms with van der Waals surface area (Å²) in [6.07, 6.45) is 1.08. The predicted molar refractivity (Wildman–Crippen MR) is 84.4 cm³/mol. The molecule has 0 bridgehead atoms. The Hall–Kier alpha value is -2.54. The minimum atomic E-state index is 0.418. The zero-order valence-corrected chi connectivity index (χ0v) is 12.1. The number of nitrogens with one attached hydrogen (secondary N) is 1. The van der Waals surface area contributed by atoms with Crippen LogP contribution in [0.25, 0.3) is 0 Å². The lowest BCUT2D eigenvalue weighted by atomic mass is 10.2. The van der Waals surface area contributed by atoms with Gasteiger partial charge in [0.25, 0.3) is 0 Å². The smallest absolute Gasteiger partial charge is 0.145 e. The first-order valence-corrected chi connectivity index (χ1v) is 7.20. The van der Waals surface area contributed by atoms with E-state index >= 15 is 0 Å². The first-order chi connectivity index (χ1) is 10.3. The maximum absolute atomic E-state index is 9.09. The number of nitrogens with zero attached hydrogens (tertiary/aromatic N) is 3. The number of para-hydroxylation sites is 1. The van der Waals surface area contributed by atoms with Crippen LogP contribution in [0.2, 0.25) is 0 Å². The van der Waals surface area contributed by atoms with Crippen molar-refractivity contribution in [2.75, 3.05) is 23.3 Å². The molecule has 4 nitrogen and oxygen atoms in total. The minimum Gasteiger partial charge on any atom is -0.380 e. The van der Waals surface area contributed by atoms with Gasteiger partial charge in [-0.15, -0.1) is 0 Å². The fourth-order valence-electron chi connectivity index (χ4n) is 2.66. The van der Waals surface area contributed by atoms with E-state index in [1.807, 2.05) is 37.3 Å². The number of rotatable bonds is 3. The lowest BCUT2D eigenvalue weighted by Crippen LogP contribution is -2.26. The number of pyridine rings is 1. The molecule has 1 N–H and O–H groups in total. The normalized spacial score (nSPS) is 17.5. The highest BCUT2D eigenvalue weighted by Gasteiger charge is 2.23. The first-order valence-electron chi connectivity index (χ1n) is 7.20. The molecule has 21 heavy (non-hydrogen) atoms. The molecular weight excluding hydrogens is 260 g/mol. The summed E-state index contributed by atoms with van der Waals surface area (Å²) in [6, 6.07) is 16.8. The highest BCUT2D eigenvalue weighted by atomic mass is 15.2. The zero-order chi connectivity index (χ0) is 14.7. The molecule has 0 aliphatic carbocycles. The van der Waals surface area contributed by atoms with E-state index in [2.05, 4.69) is 33.4 Å². The van der Waals surface area contributed by atoms with Crippen molar-refractivity contribution in [1.29, 1.82) is 5.26 Å². The summed E-state index contributed by atoms with van der Waals surface area (Å²) in [6.45, 7) is 3.79. The third kappa shape index (κ3) is 2.97. The van der Waals surface area contributed by atoms with Crippen molar-refractivity contribution in [3.8, 4) is 6.07 Å². The summed E-state index contributed by atoms with van der Waals surface area (Å²) >= 11 is 0. The molecule has 4 heteroatoms. The van der Waals surface area contributed by atoms with Gasteiger partial charge in [-0.05, 0) is 37.1 Å². The molecule has 1 aromatic heterocycles. The number of nitriles is 1. The van der Waals surface area contributed by atoms with Crippen molar-refractivity contribution in [3.05, 3.63) is 53.7 Å².